The second kappa shape index (κ2) is 5.93. The molecular weight excluding hydrogens is 302 g/mol. The lowest BCUT2D eigenvalue weighted by atomic mass is 10.2. The Bertz CT molecular complexity index is 677. The highest BCUT2D eigenvalue weighted by Gasteiger charge is 2.25. The zero-order chi connectivity index (χ0) is 15.0. The fraction of sp³-hybridized carbons (Fsp3) is 0.533. The number of hydrogen-bond acceptors (Lipinski definition) is 5. The number of thioether (sulfide) groups is 1. The SMILES string of the molecule is Cc1sc2ncnc(S[C@H](C)C(=O)N3CCCC3)c2c1C. The number of carbonyl (C=O) groups excluding carboxylic acids is 1. The Morgan fingerprint density at radius 2 is 2.05 bits per heavy atom. The maximum Gasteiger partial charge on any atom is 0.235 e. The van der Waals surface area contributed by atoms with E-state index < -0.39 is 0 Å². The van der Waals surface area contributed by atoms with Crippen molar-refractivity contribution in [3.63, 3.8) is 0 Å². The molecule has 0 N–H and O–H groups in total. The molecule has 2 aromatic heterocycles. The zero-order valence-corrected chi connectivity index (χ0v) is 14.2. The number of aryl methyl sites for hydroxylation is 2. The van der Waals surface area contributed by atoms with Crippen LogP contribution in [0.5, 0.6) is 0 Å². The van der Waals surface area contributed by atoms with Crippen molar-refractivity contribution in [3.8, 4) is 0 Å². The summed E-state index contributed by atoms with van der Waals surface area (Å²) in [6, 6.07) is 0. The van der Waals surface area contributed by atoms with E-state index in [4.69, 9.17) is 0 Å². The van der Waals surface area contributed by atoms with Gasteiger partial charge in [0.15, 0.2) is 0 Å². The van der Waals surface area contributed by atoms with Gasteiger partial charge in [0.1, 0.15) is 16.2 Å². The van der Waals surface area contributed by atoms with Gasteiger partial charge in [0, 0.05) is 23.4 Å². The molecule has 4 nitrogen and oxygen atoms in total. The summed E-state index contributed by atoms with van der Waals surface area (Å²) >= 11 is 3.25. The van der Waals surface area contributed by atoms with Gasteiger partial charge in [-0.15, -0.1) is 11.3 Å². The highest BCUT2D eigenvalue weighted by molar-refractivity contribution is 8.00. The van der Waals surface area contributed by atoms with Gasteiger partial charge in [0.05, 0.1) is 5.25 Å². The molecule has 1 atom stereocenters. The Hall–Kier alpha value is -1.14. The molecule has 0 aromatic carbocycles. The van der Waals surface area contributed by atoms with E-state index in [1.807, 2.05) is 11.8 Å². The van der Waals surface area contributed by atoms with Crippen LogP contribution >= 0.6 is 23.1 Å². The maximum absolute atomic E-state index is 12.4. The van der Waals surface area contributed by atoms with E-state index in [0.29, 0.717) is 0 Å². The van der Waals surface area contributed by atoms with Crippen LogP contribution in [0.2, 0.25) is 0 Å². The number of aromatic nitrogens is 2. The summed E-state index contributed by atoms with van der Waals surface area (Å²) in [5, 5.41) is 1.95. The van der Waals surface area contributed by atoms with Crippen molar-refractivity contribution in [2.75, 3.05) is 13.1 Å². The van der Waals surface area contributed by atoms with Crippen molar-refractivity contribution in [2.45, 2.75) is 43.9 Å². The molecule has 3 rings (SSSR count). The third-order valence-electron chi connectivity index (χ3n) is 3.98. The Morgan fingerprint density at radius 1 is 1.33 bits per heavy atom. The normalized spacial score (nSPS) is 16.6. The van der Waals surface area contributed by atoms with E-state index in [9.17, 15) is 4.79 Å². The summed E-state index contributed by atoms with van der Waals surface area (Å²) in [4.78, 5) is 25.5. The molecule has 1 aliphatic heterocycles. The van der Waals surface area contributed by atoms with Crippen LogP contribution in [-0.2, 0) is 4.79 Å². The van der Waals surface area contributed by atoms with Gasteiger partial charge in [0.25, 0.3) is 0 Å². The first-order valence-corrected chi connectivity index (χ1v) is 8.93. The molecule has 1 saturated heterocycles. The van der Waals surface area contributed by atoms with Gasteiger partial charge >= 0.3 is 0 Å². The summed E-state index contributed by atoms with van der Waals surface area (Å²) < 4.78 is 0. The number of rotatable bonds is 3. The van der Waals surface area contributed by atoms with E-state index in [1.54, 1.807) is 29.4 Å². The fourth-order valence-corrected chi connectivity index (χ4v) is 4.77. The largest absolute Gasteiger partial charge is 0.342 e. The van der Waals surface area contributed by atoms with Crippen LogP contribution in [-0.4, -0.2) is 39.1 Å². The van der Waals surface area contributed by atoms with Crippen LogP contribution in [0.15, 0.2) is 11.4 Å². The Kier molecular flexibility index (Phi) is 4.17. The van der Waals surface area contributed by atoms with E-state index in [-0.39, 0.29) is 11.2 Å². The molecule has 112 valence electrons. The second-order valence-corrected chi connectivity index (χ2v) is 7.97. The smallest absolute Gasteiger partial charge is 0.235 e. The van der Waals surface area contributed by atoms with Crippen molar-refractivity contribution >= 4 is 39.2 Å². The predicted molar refractivity (Wildman–Crippen MR) is 88.0 cm³/mol. The third kappa shape index (κ3) is 2.79. The highest BCUT2D eigenvalue weighted by Crippen LogP contribution is 2.36. The Labute approximate surface area is 133 Å². The molecule has 1 aliphatic rings. The molecule has 1 amide bonds. The number of nitrogens with zero attached hydrogens (tertiary/aromatic N) is 3. The van der Waals surface area contributed by atoms with E-state index in [2.05, 4.69) is 23.8 Å². The molecule has 0 bridgehead atoms. The first-order chi connectivity index (χ1) is 10.1. The number of likely N-dealkylation sites (tertiary alicyclic amines) is 1. The molecule has 6 heteroatoms. The highest BCUT2D eigenvalue weighted by atomic mass is 32.2. The lowest BCUT2D eigenvalue weighted by Crippen LogP contribution is -2.34. The van der Waals surface area contributed by atoms with Crippen molar-refractivity contribution in [1.82, 2.24) is 14.9 Å². The van der Waals surface area contributed by atoms with Gasteiger partial charge in [-0.1, -0.05) is 11.8 Å². The number of hydrogen-bond donors (Lipinski definition) is 0. The molecule has 0 radical (unpaired) electrons. The van der Waals surface area contributed by atoms with Crippen LogP contribution in [0, 0.1) is 13.8 Å². The molecule has 0 spiro atoms. The quantitative estimate of drug-likeness (QED) is 0.642. The first-order valence-electron chi connectivity index (χ1n) is 7.24. The molecule has 21 heavy (non-hydrogen) atoms. The molecule has 2 aromatic rings. The number of thiophene rings is 1. The van der Waals surface area contributed by atoms with Crippen LogP contribution in [0.25, 0.3) is 10.2 Å². The van der Waals surface area contributed by atoms with Gasteiger partial charge < -0.3 is 4.90 Å². The number of amides is 1. The summed E-state index contributed by atoms with van der Waals surface area (Å²) in [5.74, 6) is 0.230. The topological polar surface area (TPSA) is 46.1 Å². The standard InChI is InChI=1S/C15H19N3OS2/c1-9-10(2)20-13-12(9)14(17-8-16-13)21-11(3)15(19)18-6-4-5-7-18/h8,11H,4-7H2,1-3H3/t11-/m1/s1. The molecule has 0 unspecified atom stereocenters. The van der Waals surface area contributed by atoms with Crippen molar-refractivity contribution in [1.29, 1.82) is 0 Å². The van der Waals surface area contributed by atoms with Gasteiger partial charge in [-0.05, 0) is 39.2 Å². The first kappa shape index (κ1) is 14.8. The summed E-state index contributed by atoms with van der Waals surface area (Å²) in [7, 11) is 0. The molecule has 1 fully saturated rings. The molecule has 0 saturated carbocycles. The maximum atomic E-state index is 12.4. The average Bonchev–Trinajstić information content (AvgIpc) is 3.08. The summed E-state index contributed by atoms with van der Waals surface area (Å²) in [6.45, 7) is 8.00. The third-order valence-corrected chi connectivity index (χ3v) is 6.19. The second-order valence-electron chi connectivity index (χ2n) is 5.43. The molecule has 0 aliphatic carbocycles. The fourth-order valence-electron chi connectivity index (χ4n) is 2.65. The Morgan fingerprint density at radius 3 is 2.76 bits per heavy atom. The lowest BCUT2D eigenvalue weighted by molar-refractivity contribution is -0.129. The van der Waals surface area contributed by atoms with Gasteiger partial charge in [0.2, 0.25) is 5.91 Å². The van der Waals surface area contributed by atoms with Gasteiger partial charge in [-0.2, -0.15) is 0 Å². The lowest BCUT2D eigenvalue weighted by Gasteiger charge is -2.19. The monoisotopic (exact) mass is 321 g/mol. The van der Waals surface area contributed by atoms with E-state index >= 15 is 0 Å². The van der Waals surface area contributed by atoms with Crippen molar-refractivity contribution < 1.29 is 4.79 Å². The van der Waals surface area contributed by atoms with E-state index in [1.165, 1.54) is 10.4 Å². The number of fused-ring (bicyclic) bond motifs is 1. The minimum Gasteiger partial charge on any atom is -0.342 e. The van der Waals surface area contributed by atoms with Crippen LogP contribution in [0.3, 0.4) is 0 Å². The van der Waals surface area contributed by atoms with Crippen molar-refractivity contribution in [3.05, 3.63) is 16.8 Å². The summed E-state index contributed by atoms with van der Waals surface area (Å²) in [6.07, 6.45) is 3.86. The van der Waals surface area contributed by atoms with Crippen LogP contribution in [0.1, 0.15) is 30.2 Å². The summed E-state index contributed by atoms with van der Waals surface area (Å²) in [5.41, 5.74) is 1.24. The van der Waals surface area contributed by atoms with Gasteiger partial charge in [-0.25, -0.2) is 9.97 Å². The minimum atomic E-state index is -0.0965. The van der Waals surface area contributed by atoms with Crippen molar-refractivity contribution in [2.24, 2.45) is 0 Å². The predicted octanol–water partition coefficient (Wildman–Crippen LogP) is 3.41. The molecule has 3 heterocycles. The van der Waals surface area contributed by atoms with E-state index in [0.717, 1.165) is 41.2 Å². The average molecular weight is 321 g/mol. The number of carbonyl (C=O) groups is 1. The van der Waals surface area contributed by atoms with Crippen LogP contribution < -0.4 is 0 Å². The minimum absolute atomic E-state index is 0.0965. The zero-order valence-electron chi connectivity index (χ0n) is 12.5. The van der Waals surface area contributed by atoms with Crippen LogP contribution in [0.4, 0.5) is 0 Å². The van der Waals surface area contributed by atoms with Gasteiger partial charge in [-0.3, -0.25) is 4.79 Å². The molecular formula is C15H19N3OS2. The Balaban J connectivity index is 1.85.